The lowest BCUT2D eigenvalue weighted by atomic mass is 10.3. The SMILES string of the molecule is Nc1cc(F)c(Sc2cc3n[nH]c(=O)n3cn2)c(F)c1. The first-order valence-electron chi connectivity index (χ1n) is 5.40. The lowest BCUT2D eigenvalue weighted by Crippen LogP contribution is -2.09. The lowest BCUT2D eigenvalue weighted by Gasteiger charge is -2.05. The maximum atomic E-state index is 13.7. The first-order chi connectivity index (χ1) is 9.54. The third kappa shape index (κ3) is 2.11. The molecule has 2 heterocycles. The number of hydrogen-bond donors (Lipinski definition) is 2. The van der Waals surface area contributed by atoms with Gasteiger partial charge >= 0.3 is 5.69 Å². The van der Waals surface area contributed by atoms with E-state index in [4.69, 9.17) is 5.73 Å². The van der Waals surface area contributed by atoms with Crippen LogP contribution < -0.4 is 11.4 Å². The van der Waals surface area contributed by atoms with Crippen molar-refractivity contribution < 1.29 is 8.78 Å². The first-order valence-corrected chi connectivity index (χ1v) is 6.21. The van der Waals surface area contributed by atoms with Crippen LogP contribution in [0.2, 0.25) is 0 Å². The van der Waals surface area contributed by atoms with Gasteiger partial charge < -0.3 is 5.73 Å². The molecule has 1 aromatic carbocycles. The van der Waals surface area contributed by atoms with E-state index in [-0.39, 0.29) is 10.6 Å². The molecule has 0 bridgehead atoms. The van der Waals surface area contributed by atoms with Crippen LogP contribution in [0.1, 0.15) is 0 Å². The Hall–Kier alpha value is -2.42. The largest absolute Gasteiger partial charge is 0.399 e. The van der Waals surface area contributed by atoms with Gasteiger partial charge in [0.15, 0.2) is 5.65 Å². The van der Waals surface area contributed by atoms with Crippen molar-refractivity contribution in [2.45, 2.75) is 9.92 Å². The summed E-state index contributed by atoms with van der Waals surface area (Å²) < 4.78 is 28.5. The van der Waals surface area contributed by atoms with E-state index in [9.17, 15) is 13.6 Å². The topological polar surface area (TPSA) is 89.1 Å². The molecule has 0 amide bonds. The van der Waals surface area contributed by atoms with Crippen LogP contribution in [0.5, 0.6) is 0 Å². The number of fused-ring (bicyclic) bond motifs is 1. The molecule has 102 valence electrons. The number of benzene rings is 1. The Labute approximate surface area is 114 Å². The van der Waals surface area contributed by atoms with Gasteiger partial charge in [0.2, 0.25) is 0 Å². The van der Waals surface area contributed by atoms with Gasteiger partial charge in [0, 0.05) is 11.8 Å². The van der Waals surface area contributed by atoms with E-state index in [0.29, 0.717) is 10.7 Å². The van der Waals surface area contributed by atoms with Crippen LogP contribution >= 0.6 is 11.8 Å². The Morgan fingerprint density at radius 1 is 1.25 bits per heavy atom. The Morgan fingerprint density at radius 3 is 2.65 bits per heavy atom. The van der Waals surface area contributed by atoms with Crippen LogP contribution in [-0.4, -0.2) is 19.6 Å². The molecule has 3 N–H and O–H groups in total. The number of rotatable bonds is 2. The zero-order chi connectivity index (χ0) is 14.3. The van der Waals surface area contributed by atoms with E-state index in [0.717, 1.165) is 23.9 Å². The summed E-state index contributed by atoms with van der Waals surface area (Å²) in [5.41, 5.74) is 5.22. The normalized spacial score (nSPS) is 11.1. The average Bonchev–Trinajstić information content (AvgIpc) is 2.75. The molecule has 0 unspecified atom stereocenters. The third-order valence-electron chi connectivity index (χ3n) is 2.51. The van der Waals surface area contributed by atoms with Crippen LogP contribution in [0.3, 0.4) is 0 Å². The monoisotopic (exact) mass is 295 g/mol. The average molecular weight is 295 g/mol. The standard InChI is InChI=1S/C11H7F2N5OS/c12-6-1-5(14)2-7(13)10(6)20-9-3-8-16-17-11(19)18(8)4-15-9/h1-4H,14H2,(H,17,19). The van der Waals surface area contributed by atoms with E-state index < -0.39 is 17.3 Å². The third-order valence-corrected chi connectivity index (χ3v) is 3.54. The van der Waals surface area contributed by atoms with Crippen molar-refractivity contribution in [1.82, 2.24) is 19.6 Å². The van der Waals surface area contributed by atoms with Crippen molar-refractivity contribution in [1.29, 1.82) is 0 Å². The predicted octanol–water partition coefficient (Wildman–Crippen LogP) is 1.43. The number of nitrogens with one attached hydrogen (secondary N) is 1. The van der Waals surface area contributed by atoms with E-state index in [2.05, 4.69) is 15.2 Å². The predicted molar refractivity (Wildman–Crippen MR) is 68.5 cm³/mol. The molecule has 0 atom stereocenters. The van der Waals surface area contributed by atoms with Gasteiger partial charge in [-0.1, -0.05) is 11.8 Å². The van der Waals surface area contributed by atoms with Gasteiger partial charge in [-0.2, -0.15) is 5.10 Å². The summed E-state index contributed by atoms with van der Waals surface area (Å²) in [7, 11) is 0. The second-order valence-electron chi connectivity index (χ2n) is 3.90. The second kappa shape index (κ2) is 4.60. The molecule has 0 saturated carbocycles. The van der Waals surface area contributed by atoms with Gasteiger partial charge in [-0.15, -0.1) is 0 Å². The molecular formula is C11H7F2N5OS. The summed E-state index contributed by atoms with van der Waals surface area (Å²) >= 11 is 0.788. The minimum absolute atomic E-state index is 0.00612. The summed E-state index contributed by atoms with van der Waals surface area (Å²) in [6.45, 7) is 0. The van der Waals surface area contributed by atoms with Crippen LogP contribution in [0.25, 0.3) is 5.65 Å². The molecule has 0 aliphatic carbocycles. The molecule has 9 heteroatoms. The summed E-state index contributed by atoms with van der Waals surface area (Å²) in [4.78, 5) is 15.0. The summed E-state index contributed by atoms with van der Waals surface area (Å²) in [6, 6.07) is 3.50. The first kappa shape index (κ1) is 12.6. The molecule has 0 radical (unpaired) electrons. The number of hydrogen-bond acceptors (Lipinski definition) is 5. The highest BCUT2D eigenvalue weighted by Crippen LogP contribution is 2.32. The number of halogens is 2. The van der Waals surface area contributed by atoms with Crippen LogP contribution in [-0.2, 0) is 0 Å². The second-order valence-corrected chi connectivity index (χ2v) is 4.93. The van der Waals surface area contributed by atoms with E-state index in [1.54, 1.807) is 0 Å². The molecule has 2 aromatic heterocycles. The molecule has 3 rings (SSSR count). The Morgan fingerprint density at radius 2 is 1.95 bits per heavy atom. The number of aromatic amines is 1. The zero-order valence-corrected chi connectivity index (χ0v) is 10.6. The fourth-order valence-electron chi connectivity index (χ4n) is 1.63. The highest BCUT2D eigenvalue weighted by atomic mass is 32.2. The van der Waals surface area contributed by atoms with Crippen molar-refractivity contribution in [2.75, 3.05) is 5.73 Å². The van der Waals surface area contributed by atoms with Crippen molar-refractivity contribution in [3.8, 4) is 0 Å². The fourth-order valence-corrected chi connectivity index (χ4v) is 2.42. The molecule has 20 heavy (non-hydrogen) atoms. The fraction of sp³-hybridized carbons (Fsp3) is 0. The molecule has 0 aliphatic heterocycles. The zero-order valence-electron chi connectivity index (χ0n) is 9.80. The van der Waals surface area contributed by atoms with Crippen molar-refractivity contribution in [2.24, 2.45) is 0 Å². The molecule has 3 aromatic rings. The molecule has 0 aliphatic rings. The lowest BCUT2D eigenvalue weighted by molar-refractivity contribution is 0.541. The van der Waals surface area contributed by atoms with Gasteiger partial charge in [-0.25, -0.2) is 28.1 Å². The number of nitrogen functional groups attached to an aromatic ring is 1. The van der Waals surface area contributed by atoms with Gasteiger partial charge in [-0.05, 0) is 12.1 Å². The van der Waals surface area contributed by atoms with Gasteiger partial charge in [0.25, 0.3) is 0 Å². The molecule has 0 fully saturated rings. The van der Waals surface area contributed by atoms with Crippen molar-refractivity contribution in [3.05, 3.63) is 46.6 Å². The number of H-pyrrole nitrogens is 1. The van der Waals surface area contributed by atoms with E-state index >= 15 is 0 Å². The summed E-state index contributed by atoms with van der Waals surface area (Å²) in [5.74, 6) is -1.54. The Balaban J connectivity index is 2.03. The van der Waals surface area contributed by atoms with Crippen LogP contribution in [0.15, 0.2) is 39.2 Å². The minimum Gasteiger partial charge on any atom is -0.399 e. The smallest absolute Gasteiger partial charge is 0.348 e. The van der Waals surface area contributed by atoms with Gasteiger partial charge in [0.05, 0.1) is 4.90 Å². The van der Waals surface area contributed by atoms with Gasteiger partial charge in [0.1, 0.15) is 23.0 Å². The number of nitrogens with two attached hydrogens (primary N) is 1. The molecule has 0 saturated heterocycles. The maximum absolute atomic E-state index is 13.7. The summed E-state index contributed by atoms with van der Waals surface area (Å²) in [6.07, 6.45) is 1.23. The highest BCUT2D eigenvalue weighted by Gasteiger charge is 2.13. The quantitative estimate of drug-likeness (QED) is 0.551. The maximum Gasteiger partial charge on any atom is 0.348 e. The van der Waals surface area contributed by atoms with Crippen molar-refractivity contribution >= 4 is 23.1 Å². The Kier molecular flexibility index (Phi) is 2.90. The Bertz CT molecular complexity index is 836. The van der Waals surface area contributed by atoms with Crippen LogP contribution in [0, 0.1) is 11.6 Å². The minimum atomic E-state index is -0.770. The number of aromatic nitrogens is 4. The number of anilines is 1. The molecule has 0 spiro atoms. The van der Waals surface area contributed by atoms with Crippen molar-refractivity contribution in [3.63, 3.8) is 0 Å². The van der Waals surface area contributed by atoms with E-state index in [1.807, 2.05) is 0 Å². The van der Waals surface area contributed by atoms with E-state index in [1.165, 1.54) is 16.8 Å². The highest BCUT2D eigenvalue weighted by molar-refractivity contribution is 7.99. The summed E-state index contributed by atoms with van der Waals surface area (Å²) in [5, 5.41) is 6.29. The molecular weight excluding hydrogens is 288 g/mol. The number of nitrogens with zero attached hydrogens (tertiary/aromatic N) is 3. The van der Waals surface area contributed by atoms with Crippen LogP contribution in [0.4, 0.5) is 14.5 Å². The molecule has 6 nitrogen and oxygen atoms in total. The van der Waals surface area contributed by atoms with Gasteiger partial charge in [-0.3, -0.25) is 0 Å².